The Balaban J connectivity index is 0.000000751. The van der Waals surface area contributed by atoms with Gasteiger partial charge in [-0.15, -0.1) is 33.7 Å². The molecule has 1 heterocycles. The summed E-state index contributed by atoms with van der Waals surface area (Å²) in [5.74, 6) is 0. The average Bonchev–Trinajstić information content (AvgIpc) is 2.94. The summed E-state index contributed by atoms with van der Waals surface area (Å²) in [5.41, 5.74) is 2.86. The van der Waals surface area contributed by atoms with Crippen molar-refractivity contribution in [2.75, 3.05) is 0 Å². The molecule has 1 unspecified atom stereocenters. The first kappa shape index (κ1) is 20.9. The minimum atomic E-state index is -1.85. The molecule has 0 saturated heterocycles. The number of hydrogen-bond donors (Lipinski definition) is 0. The van der Waals surface area contributed by atoms with E-state index < -0.39 is 7.38 Å². The van der Waals surface area contributed by atoms with Crippen molar-refractivity contribution in [3.05, 3.63) is 60.2 Å². The number of allylic oxidation sites excluding steroid dienone is 4. The van der Waals surface area contributed by atoms with Gasteiger partial charge in [-0.1, -0.05) is 59.8 Å². The quantitative estimate of drug-likeness (QED) is 0.265. The van der Waals surface area contributed by atoms with E-state index in [1.165, 1.54) is 43.1 Å². The molecule has 3 aromatic rings. The van der Waals surface area contributed by atoms with E-state index in [1.807, 2.05) is 0 Å². The fourth-order valence-electron chi connectivity index (χ4n) is 4.07. The smallest absolute Gasteiger partial charge is 1.00 e. The third kappa shape index (κ3) is 2.81. The fraction of sp³-hybridized carbons (Fsp3) is 0.150. The maximum Gasteiger partial charge on any atom is 3.00 e. The molecule has 1 aliphatic carbocycles. The van der Waals surface area contributed by atoms with Crippen molar-refractivity contribution < 1.29 is 46.5 Å². The van der Waals surface area contributed by atoms with Gasteiger partial charge in [0.15, 0.2) is 7.38 Å². The number of rotatable bonds is 2. The molecular weight excluding hydrogens is 423 g/mol. The maximum atomic E-state index is 7.11. The second-order valence-corrected chi connectivity index (χ2v) is 11.6. The second kappa shape index (κ2) is 7.31. The Labute approximate surface area is 181 Å². The van der Waals surface area contributed by atoms with Gasteiger partial charge in [0, 0.05) is 0 Å². The summed E-state index contributed by atoms with van der Waals surface area (Å²) in [7, 11) is -1.85. The van der Waals surface area contributed by atoms with Crippen molar-refractivity contribution in [2.24, 2.45) is 0 Å². The molecule has 0 aromatic heterocycles. The van der Waals surface area contributed by atoms with Crippen LogP contribution in [0.25, 0.3) is 27.1 Å². The molecular formula is C20H16Cl3SiTi. The Morgan fingerprint density at radius 3 is 2.56 bits per heavy atom. The SMILES string of the molecule is CC[Si]1(Cl)c2c(C3=CC=CC3)cc3c([cH-]c4ccccc43)c21.[Cl-].[Cl-].[Ti+3]. The van der Waals surface area contributed by atoms with Gasteiger partial charge in [0.1, 0.15) is 0 Å². The number of benzene rings is 2. The molecule has 2 aliphatic rings. The first-order valence-corrected chi connectivity index (χ1v) is 11.2. The summed E-state index contributed by atoms with van der Waals surface area (Å²) >= 11 is 7.11. The van der Waals surface area contributed by atoms with Crippen LogP contribution in [0.15, 0.2) is 54.6 Å². The van der Waals surface area contributed by atoms with E-state index in [9.17, 15) is 0 Å². The van der Waals surface area contributed by atoms with E-state index in [0.29, 0.717) is 0 Å². The fourth-order valence-corrected chi connectivity index (χ4v) is 8.66. The maximum absolute atomic E-state index is 7.11. The van der Waals surface area contributed by atoms with Crippen LogP contribution in [-0.2, 0) is 21.7 Å². The Kier molecular flexibility index (Phi) is 6.11. The Hall–Kier alpha value is -0.409. The Morgan fingerprint density at radius 2 is 1.88 bits per heavy atom. The van der Waals surface area contributed by atoms with E-state index >= 15 is 0 Å². The zero-order valence-electron chi connectivity index (χ0n) is 13.7. The molecule has 1 atom stereocenters. The first-order valence-electron chi connectivity index (χ1n) is 7.95. The van der Waals surface area contributed by atoms with E-state index in [2.05, 4.69) is 61.5 Å². The Morgan fingerprint density at radius 1 is 1.12 bits per heavy atom. The molecule has 0 saturated carbocycles. The van der Waals surface area contributed by atoms with Crippen molar-refractivity contribution in [3.63, 3.8) is 0 Å². The van der Waals surface area contributed by atoms with E-state index in [1.54, 1.807) is 0 Å². The van der Waals surface area contributed by atoms with E-state index in [4.69, 9.17) is 11.1 Å². The van der Waals surface area contributed by atoms with Crippen molar-refractivity contribution in [1.29, 1.82) is 0 Å². The molecule has 5 rings (SSSR count). The molecule has 5 heteroatoms. The number of hydrogen-bond acceptors (Lipinski definition) is 0. The largest absolute Gasteiger partial charge is 3.00 e. The van der Waals surface area contributed by atoms with Gasteiger partial charge in [0.05, 0.1) is 0 Å². The summed E-state index contributed by atoms with van der Waals surface area (Å²) in [4.78, 5) is 0. The van der Waals surface area contributed by atoms with Crippen LogP contribution in [0.4, 0.5) is 0 Å². The average molecular weight is 439 g/mol. The van der Waals surface area contributed by atoms with Gasteiger partial charge in [-0.2, -0.15) is 11.1 Å². The summed E-state index contributed by atoms with van der Waals surface area (Å²) in [6.07, 6.45) is 7.70. The van der Waals surface area contributed by atoms with Gasteiger partial charge in [-0.05, 0) is 23.6 Å². The zero-order chi connectivity index (χ0) is 14.9. The molecule has 1 aliphatic heterocycles. The van der Waals surface area contributed by atoms with Gasteiger partial charge in [-0.25, -0.2) is 0 Å². The van der Waals surface area contributed by atoms with E-state index in [-0.39, 0.29) is 46.5 Å². The topological polar surface area (TPSA) is 0 Å². The molecule has 0 N–H and O–H groups in total. The predicted octanol–water partition coefficient (Wildman–Crippen LogP) is -1.31. The van der Waals surface area contributed by atoms with Crippen molar-refractivity contribution in [1.82, 2.24) is 0 Å². The van der Waals surface area contributed by atoms with Gasteiger partial charge < -0.3 is 24.8 Å². The van der Waals surface area contributed by atoms with Gasteiger partial charge in [0.2, 0.25) is 0 Å². The van der Waals surface area contributed by atoms with Crippen LogP contribution in [-0.4, -0.2) is 7.38 Å². The molecule has 0 fully saturated rings. The van der Waals surface area contributed by atoms with E-state index in [0.717, 1.165) is 12.5 Å². The minimum Gasteiger partial charge on any atom is -1.00 e. The zero-order valence-corrected chi connectivity index (χ0v) is 18.6. The normalized spacial score (nSPS) is 19.7. The van der Waals surface area contributed by atoms with Gasteiger partial charge in [-0.3, -0.25) is 0 Å². The Bertz CT molecular complexity index is 1020. The van der Waals surface area contributed by atoms with Crippen LogP contribution in [0.1, 0.15) is 18.9 Å². The minimum absolute atomic E-state index is 0. The molecule has 125 valence electrons. The summed E-state index contributed by atoms with van der Waals surface area (Å²) in [5, 5.41) is 8.52. The monoisotopic (exact) mass is 437 g/mol. The summed E-state index contributed by atoms with van der Waals surface area (Å²) < 4.78 is 0. The van der Waals surface area contributed by atoms with Crippen molar-refractivity contribution >= 4 is 56.0 Å². The van der Waals surface area contributed by atoms with Crippen LogP contribution < -0.4 is 35.2 Å². The molecule has 0 amide bonds. The van der Waals surface area contributed by atoms with Crippen LogP contribution in [0.2, 0.25) is 6.04 Å². The van der Waals surface area contributed by atoms with Crippen LogP contribution >= 0.6 is 11.1 Å². The standard InChI is InChI=1S/C20H16ClSi.2ClH.Ti/c1-2-22(21)19-16(13-7-3-4-8-13)12-17-15-10-6-5-9-14(15)11-18(17)20(19)22;;;/h3-7,9-12H,2,8H2,1H3;2*1H;/q-1;;;+3/p-2. The molecule has 0 bridgehead atoms. The molecule has 0 nitrogen and oxygen atoms in total. The van der Waals surface area contributed by atoms with Gasteiger partial charge >= 0.3 is 21.7 Å². The third-order valence-electron chi connectivity index (χ3n) is 5.25. The second-order valence-electron chi connectivity index (χ2n) is 6.35. The van der Waals surface area contributed by atoms with Gasteiger partial charge in [0.25, 0.3) is 0 Å². The molecule has 0 spiro atoms. The molecule has 3 aromatic carbocycles. The van der Waals surface area contributed by atoms with Crippen molar-refractivity contribution in [2.45, 2.75) is 19.4 Å². The molecule has 25 heavy (non-hydrogen) atoms. The first-order chi connectivity index (χ1) is 10.7. The van der Waals surface area contributed by atoms with Crippen LogP contribution in [0.5, 0.6) is 0 Å². The van der Waals surface area contributed by atoms with Crippen LogP contribution in [0.3, 0.4) is 0 Å². The van der Waals surface area contributed by atoms with Crippen LogP contribution in [0, 0.1) is 0 Å². The number of halogens is 3. The molecule has 1 radical (unpaired) electrons. The summed E-state index contributed by atoms with van der Waals surface area (Å²) in [6.45, 7) is 2.25. The predicted molar refractivity (Wildman–Crippen MR) is 100 cm³/mol. The van der Waals surface area contributed by atoms with Crippen molar-refractivity contribution in [3.8, 4) is 0 Å². The summed E-state index contributed by atoms with van der Waals surface area (Å²) in [6, 6.07) is 14.6. The number of fused-ring (bicyclic) bond motifs is 5. The third-order valence-corrected chi connectivity index (χ3v) is 10.5.